The number of nitrogens with two attached hydrogens (primary N) is 2. The minimum Gasteiger partial charge on any atom is -0.444 e. The normalized spacial score (nSPS) is 11.4. The molecule has 204 valence electrons. The smallest absolute Gasteiger partial charge is 0.405 e. The van der Waals surface area contributed by atoms with Gasteiger partial charge in [-0.3, -0.25) is 0 Å². The molecule has 0 aliphatic rings. The molecule has 0 saturated carbocycles. The molecule has 0 aliphatic carbocycles. The zero-order valence-corrected chi connectivity index (χ0v) is 24.2. The van der Waals surface area contributed by atoms with Crippen LogP contribution < -0.4 is 11.5 Å². The van der Waals surface area contributed by atoms with Crippen molar-refractivity contribution in [2.45, 2.75) is 79.6 Å². The van der Waals surface area contributed by atoms with Crippen LogP contribution in [0.25, 0.3) is 0 Å². The monoisotopic (exact) mass is 525 g/mol. The molecule has 8 nitrogen and oxygen atoms in total. The van der Waals surface area contributed by atoms with Gasteiger partial charge in [-0.2, -0.15) is 4.40 Å². The number of halogens is 1. The third kappa shape index (κ3) is 17.3. The number of anilines is 1. The third-order valence-electron chi connectivity index (χ3n) is 3.17. The van der Waals surface area contributed by atoms with Gasteiger partial charge in [-0.05, 0) is 65.8 Å². The lowest BCUT2D eigenvalue weighted by Gasteiger charge is -2.16. The SMILES string of the molecule is C=C.CC.CC.CC(C)(C)OC(N)=O.CC(C)(C)[S@](=O)/N=C(\c1ccc(F)cc1)c1cnc(N)nc1. The van der Waals surface area contributed by atoms with Gasteiger partial charge in [-0.25, -0.2) is 23.4 Å². The third-order valence-corrected chi connectivity index (χ3v) is 4.56. The van der Waals surface area contributed by atoms with Crippen LogP contribution in [-0.2, 0) is 15.7 Å². The molecule has 0 aliphatic heterocycles. The van der Waals surface area contributed by atoms with Gasteiger partial charge in [0, 0.05) is 23.5 Å². The first kappa shape index (κ1) is 37.4. The molecule has 1 atom stereocenters. The van der Waals surface area contributed by atoms with E-state index in [4.69, 9.17) is 11.5 Å². The van der Waals surface area contributed by atoms with Gasteiger partial charge in [0.2, 0.25) is 5.95 Å². The molecule has 4 N–H and O–H groups in total. The Morgan fingerprint density at radius 3 is 1.67 bits per heavy atom. The van der Waals surface area contributed by atoms with Crippen molar-refractivity contribution in [1.82, 2.24) is 9.97 Å². The lowest BCUT2D eigenvalue weighted by molar-refractivity contribution is 0.0600. The van der Waals surface area contributed by atoms with E-state index in [0.717, 1.165) is 0 Å². The molecule has 0 bridgehead atoms. The first-order valence-corrected chi connectivity index (χ1v) is 12.6. The molecule has 1 aromatic carbocycles. The summed E-state index contributed by atoms with van der Waals surface area (Å²) in [5.41, 5.74) is 11.4. The van der Waals surface area contributed by atoms with E-state index in [0.29, 0.717) is 16.8 Å². The van der Waals surface area contributed by atoms with E-state index in [1.807, 2.05) is 48.5 Å². The number of nitrogens with zero attached hydrogens (tertiary/aromatic N) is 3. The zero-order valence-electron chi connectivity index (χ0n) is 23.4. The molecule has 2 rings (SSSR count). The highest BCUT2D eigenvalue weighted by Crippen LogP contribution is 2.17. The second-order valence-electron chi connectivity index (χ2n) is 8.17. The average molecular weight is 526 g/mol. The molecule has 1 amide bonds. The zero-order chi connectivity index (χ0) is 29.1. The number of hydrogen-bond donors (Lipinski definition) is 2. The second-order valence-corrected chi connectivity index (χ2v) is 10.1. The van der Waals surface area contributed by atoms with E-state index in [1.165, 1.54) is 24.5 Å². The molecule has 0 fully saturated rings. The Bertz CT molecular complexity index is 873. The number of rotatable bonds is 3. The largest absolute Gasteiger partial charge is 0.444 e. The summed E-state index contributed by atoms with van der Waals surface area (Å²) >= 11 is 0. The number of hydrogen-bond acceptors (Lipinski definition) is 6. The van der Waals surface area contributed by atoms with Gasteiger partial charge >= 0.3 is 6.09 Å². The molecule has 2 aromatic rings. The van der Waals surface area contributed by atoms with E-state index in [1.54, 1.807) is 32.9 Å². The van der Waals surface area contributed by atoms with Crippen molar-refractivity contribution in [1.29, 1.82) is 0 Å². The van der Waals surface area contributed by atoms with E-state index in [9.17, 15) is 13.4 Å². The van der Waals surface area contributed by atoms with Crippen molar-refractivity contribution in [2.75, 3.05) is 5.73 Å². The molecule has 0 unspecified atom stereocenters. The summed E-state index contributed by atoms with van der Waals surface area (Å²) in [7, 11) is -1.47. The number of ether oxygens (including phenoxy) is 1. The van der Waals surface area contributed by atoms with Gasteiger partial charge < -0.3 is 16.2 Å². The Morgan fingerprint density at radius 1 is 0.944 bits per heavy atom. The van der Waals surface area contributed by atoms with Crippen molar-refractivity contribution in [3.63, 3.8) is 0 Å². The Kier molecular flexibility index (Phi) is 19.8. The Morgan fingerprint density at radius 2 is 1.36 bits per heavy atom. The van der Waals surface area contributed by atoms with E-state index < -0.39 is 27.4 Å². The Hall–Kier alpha value is -3.14. The highest BCUT2D eigenvalue weighted by atomic mass is 32.2. The number of benzene rings is 1. The summed E-state index contributed by atoms with van der Waals surface area (Å²) in [4.78, 5) is 17.9. The van der Waals surface area contributed by atoms with Crippen molar-refractivity contribution in [3.05, 3.63) is 66.8 Å². The Balaban J connectivity index is -0.000000654. The Labute approximate surface area is 219 Å². The predicted molar refractivity (Wildman–Crippen MR) is 151 cm³/mol. The van der Waals surface area contributed by atoms with E-state index >= 15 is 0 Å². The number of carbonyl (C=O) groups is 1. The number of amides is 1. The topological polar surface area (TPSA) is 134 Å². The van der Waals surface area contributed by atoms with E-state index in [-0.39, 0.29) is 11.8 Å². The molecule has 1 heterocycles. The number of carbonyl (C=O) groups excluding carboxylic acids is 1. The molecular formula is C26H44FN5O3S. The van der Waals surface area contributed by atoms with Crippen molar-refractivity contribution in [2.24, 2.45) is 10.1 Å². The van der Waals surface area contributed by atoms with Crippen LogP contribution in [0.3, 0.4) is 0 Å². The van der Waals surface area contributed by atoms with Gasteiger partial charge in [0.05, 0.1) is 10.5 Å². The maximum atomic E-state index is 13.1. The standard InChI is InChI=1S/C15H17FN4OS.C5H11NO2.2C2H6.C2H4/c1-15(2,3)22(21)20-13(10-4-6-12(16)7-5-10)11-8-18-14(17)19-9-11;1-5(2,3)8-4(6)7;3*1-2/h4-9H,1-3H3,(H2,17,18,19);1-3H3,(H2,6,7);2*1-2H3;1-2H2/b20-13+;;;;/t22-;;;;/m0..../s1. The van der Waals surface area contributed by atoms with Crippen molar-refractivity contribution < 1.29 is 18.1 Å². The lowest BCUT2D eigenvalue weighted by atomic mass is 10.1. The second kappa shape index (κ2) is 19.1. The lowest BCUT2D eigenvalue weighted by Crippen LogP contribution is -2.27. The van der Waals surface area contributed by atoms with Gasteiger partial charge in [-0.15, -0.1) is 13.2 Å². The molecule has 0 saturated heterocycles. The highest BCUT2D eigenvalue weighted by molar-refractivity contribution is 7.85. The van der Waals surface area contributed by atoms with Crippen molar-refractivity contribution >= 4 is 28.7 Å². The quantitative estimate of drug-likeness (QED) is 0.360. The minimum absolute atomic E-state index is 0.138. The van der Waals surface area contributed by atoms with Crippen LogP contribution in [0.1, 0.15) is 80.4 Å². The summed E-state index contributed by atoms with van der Waals surface area (Å²) < 4.78 is 33.8. The van der Waals surface area contributed by atoms with Crippen LogP contribution >= 0.6 is 0 Å². The van der Waals surface area contributed by atoms with E-state index in [2.05, 4.69) is 32.3 Å². The molecule has 10 heteroatoms. The molecule has 0 spiro atoms. The average Bonchev–Trinajstić information content (AvgIpc) is 2.81. The first-order valence-electron chi connectivity index (χ1n) is 11.5. The summed E-state index contributed by atoms with van der Waals surface area (Å²) in [5, 5.41) is 0. The van der Waals surface area contributed by atoms with Crippen LogP contribution in [0.4, 0.5) is 15.1 Å². The first-order chi connectivity index (χ1) is 16.7. The summed E-state index contributed by atoms with van der Waals surface area (Å²) in [5.74, 6) is -0.215. The minimum atomic E-state index is -1.47. The van der Waals surface area contributed by atoms with Gasteiger partial charge in [0.1, 0.15) is 22.4 Å². The summed E-state index contributed by atoms with van der Waals surface area (Å²) in [6.07, 6.45) is 2.28. The van der Waals surface area contributed by atoms with Crippen LogP contribution in [0, 0.1) is 5.82 Å². The van der Waals surface area contributed by atoms with Gasteiger partial charge in [0.25, 0.3) is 0 Å². The fraction of sp³-hybridized carbons (Fsp3) is 0.462. The molecule has 36 heavy (non-hydrogen) atoms. The predicted octanol–water partition coefficient (Wildman–Crippen LogP) is 6.23. The summed E-state index contributed by atoms with van der Waals surface area (Å²) in [6, 6.07) is 5.79. The highest BCUT2D eigenvalue weighted by Gasteiger charge is 2.21. The maximum absolute atomic E-state index is 13.1. The number of primary amides is 1. The number of aromatic nitrogens is 2. The molecule has 0 radical (unpaired) electrons. The molecular weight excluding hydrogens is 481 g/mol. The van der Waals surface area contributed by atoms with Crippen LogP contribution in [-0.4, -0.2) is 36.3 Å². The van der Waals surface area contributed by atoms with Crippen molar-refractivity contribution in [3.8, 4) is 0 Å². The maximum Gasteiger partial charge on any atom is 0.405 e. The fourth-order valence-electron chi connectivity index (χ4n) is 1.86. The van der Waals surface area contributed by atoms with Gasteiger partial charge in [-0.1, -0.05) is 27.7 Å². The van der Waals surface area contributed by atoms with Crippen LogP contribution in [0.5, 0.6) is 0 Å². The van der Waals surface area contributed by atoms with Crippen LogP contribution in [0.15, 0.2) is 54.2 Å². The van der Waals surface area contributed by atoms with Crippen LogP contribution in [0.2, 0.25) is 0 Å². The summed E-state index contributed by atoms with van der Waals surface area (Å²) in [6.45, 7) is 24.8. The van der Waals surface area contributed by atoms with Gasteiger partial charge in [0.15, 0.2) is 0 Å². The fourth-order valence-corrected chi connectivity index (χ4v) is 2.51. The molecule has 1 aromatic heterocycles. The number of nitrogen functional groups attached to an aromatic ring is 1.